The summed E-state index contributed by atoms with van der Waals surface area (Å²) in [5, 5.41) is 14.8. The Kier molecular flexibility index (Phi) is 6.37. The molecule has 1 heterocycles. The van der Waals surface area contributed by atoms with Crippen LogP contribution >= 0.6 is 0 Å². The summed E-state index contributed by atoms with van der Waals surface area (Å²) in [5.41, 5.74) is -1.39. The highest BCUT2D eigenvalue weighted by Crippen LogP contribution is 2.26. The predicted octanol–water partition coefficient (Wildman–Crippen LogP) is 0.566. The summed E-state index contributed by atoms with van der Waals surface area (Å²) in [6.07, 6.45) is 0.196. The highest BCUT2D eigenvalue weighted by molar-refractivity contribution is 5.78. The van der Waals surface area contributed by atoms with Crippen molar-refractivity contribution in [2.75, 3.05) is 26.2 Å². The van der Waals surface area contributed by atoms with Gasteiger partial charge in [-0.2, -0.15) is 0 Å². The quantitative estimate of drug-likeness (QED) is 0.630. The van der Waals surface area contributed by atoms with E-state index in [1.165, 1.54) is 4.90 Å². The smallest absolute Gasteiger partial charge is 0.410 e. The van der Waals surface area contributed by atoms with Crippen LogP contribution in [0.3, 0.4) is 0 Å². The van der Waals surface area contributed by atoms with Crippen molar-refractivity contribution in [3.05, 3.63) is 0 Å². The second kappa shape index (κ2) is 7.63. The summed E-state index contributed by atoms with van der Waals surface area (Å²) in [6, 6.07) is 0. The predicted molar refractivity (Wildman–Crippen MR) is 84.1 cm³/mol. The summed E-state index contributed by atoms with van der Waals surface area (Å²) < 4.78 is 5.25. The normalized spacial score (nSPS) is 16.4. The number of hydrogen-bond acceptors (Lipinski definition) is 5. The lowest BCUT2D eigenvalue weighted by atomic mass is 9.86. The van der Waals surface area contributed by atoms with Crippen molar-refractivity contribution in [2.45, 2.75) is 51.7 Å². The number of rotatable bonds is 7. The van der Waals surface area contributed by atoms with E-state index in [1.807, 2.05) is 6.92 Å². The molecule has 8 heteroatoms. The molecule has 1 rings (SSSR count). The standard InChI is InChI=1S/C15H27N3O5/c1-5-6-16-11(19)8-17-15(7-12(20)21)9-18(10-15)13(22)23-14(2,3)4/h17H,5-10H2,1-4H3,(H,16,19)(H,20,21). The zero-order valence-corrected chi connectivity index (χ0v) is 14.3. The van der Waals surface area contributed by atoms with E-state index in [0.717, 1.165) is 6.42 Å². The Labute approximate surface area is 136 Å². The van der Waals surface area contributed by atoms with Gasteiger partial charge in [0.2, 0.25) is 5.91 Å². The molecular formula is C15H27N3O5. The van der Waals surface area contributed by atoms with E-state index < -0.39 is 23.2 Å². The summed E-state index contributed by atoms with van der Waals surface area (Å²) in [5.74, 6) is -1.16. The largest absolute Gasteiger partial charge is 0.481 e. The van der Waals surface area contributed by atoms with Gasteiger partial charge in [0, 0.05) is 19.6 Å². The van der Waals surface area contributed by atoms with E-state index >= 15 is 0 Å². The zero-order chi connectivity index (χ0) is 17.7. The number of carboxylic acid groups (broad SMARTS) is 1. The molecule has 1 fully saturated rings. The van der Waals surface area contributed by atoms with Crippen LogP contribution in [0.15, 0.2) is 0 Å². The molecule has 0 aliphatic carbocycles. The number of carbonyl (C=O) groups excluding carboxylic acids is 2. The lowest BCUT2D eigenvalue weighted by Gasteiger charge is -2.49. The van der Waals surface area contributed by atoms with E-state index in [-0.39, 0.29) is 32.0 Å². The molecule has 0 atom stereocenters. The Morgan fingerprint density at radius 1 is 1.26 bits per heavy atom. The summed E-state index contributed by atoms with van der Waals surface area (Å²) in [4.78, 5) is 36.1. The Bertz CT molecular complexity index is 453. The van der Waals surface area contributed by atoms with Crippen molar-refractivity contribution in [3.63, 3.8) is 0 Å². The highest BCUT2D eigenvalue weighted by atomic mass is 16.6. The van der Waals surface area contributed by atoms with E-state index in [0.29, 0.717) is 6.54 Å². The number of carbonyl (C=O) groups is 3. The molecule has 0 saturated carbocycles. The van der Waals surface area contributed by atoms with E-state index in [4.69, 9.17) is 9.84 Å². The van der Waals surface area contributed by atoms with Gasteiger partial charge in [0.15, 0.2) is 0 Å². The van der Waals surface area contributed by atoms with Gasteiger partial charge in [0.05, 0.1) is 18.5 Å². The fourth-order valence-corrected chi connectivity index (χ4v) is 2.31. The Balaban J connectivity index is 2.54. The molecule has 3 N–H and O–H groups in total. The van der Waals surface area contributed by atoms with Crippen LogP contribution in [0.2, 0.25) is 0 Å². The monoisotopic (exact) mass is 329 g/mol. The molecule has 0 aromatic heterocycles. The van der Waals surface area contributed by atoms with E-state index in [1.54, 1.807) is 20.8 Å². The lowest BCUT2D eigenvalue weighted by Crippen LogP contribution is -2.72. The fraction of sp³-hybridized carbons (Fsp3) is 0.800. The van der Waals surface area contributed by atoms with Gasteiger partial charge in [-0.05, 0) is 27.2 Å². The van der Waals surface area contributed by atoms with Crippen LogP contribution in [-0.4, -0.2) is 65.3 Å². The van der Waals surface area contributed by atoms with Gasteiger partial charge in [-0.25, -0.2) is 4.79 Å². The Morgan fingerprint density at radius 3 is 2.35 bits per heavy atom. The average Bonchev–Trinajstić information content (AvgIpc) is 2.35. The number of nitrogens with zero attached hydrogens (tertiary/aromatic N) is 1. The van der Waals surface area contributed by atoms with Gasteiger partial charge in [0.25, 0.3) is 0 Å². The molecular weight excluding hydrogens is 302 g/mol. The first-order valence-corrected chi connectivity index (χ1v) is 7.78. The van der Waals surface area contributed by atoms with Crippen LogP contribution in [0.5, 0.6) is 0 Å². The first-order valence-electron chi connectivity index (χ1n) is 7.78. The number of ether oxygens (including phenoxy) is 1. The van der Waals surface area contributed by atoms with Crippen LogP contribution in [0.4, 0.5) is 4.79 Å². The Morgan fingerprint density at radius 2 is 1.87 bits per heavy atom. The minimum Gasteiger partial charge on any atom is -0.481 e. The first-order chi connectivity index (χ1) is 10.6. The second-order valence-corrected chi connectivity index (χ2v) is 6.89. The molecule has 0 unspecified atom stereocenters. The van der Waals surface area contributed by atoms with E-state index in [2.05, 4.69) is 10.6 Å². The lowest BCUT2D eigenvalue weighted by molar-refractivity contribution is -0.141. The van der Waals surface area contributed by atoms with Gasteiger partial charge in [-0.3, -0.25) is 14.9 Å². The summed E-state index contributed by atoms with van der Waals surface area (Å²) in [6.45, 7) is 8.27. The minimum atomic E-state index is -0.977. The van der Waals surface area contributed by atoms with Gasteiger partial charge in [-0.1, -0.05) is 6.92 Å². The highest BCUT2D eigenvalue weighted by Gasteiger charge is 2.47. The maximum absolute atomic E-state index is 11.9. The van der Waals surface area contributed by atoms with Gasteiger partial charge in [0.1, 0.15) is 5.60 Å². The minimum absolute atomic E-state index is 0.0233. The third-order valence-corrected chi connectivity index (χ3v) is 3.32. The third kappa shape index (κ3) is 6.43. The van der Waals surface area contributed by atoms with Gasteiger partial charge < -0.3 is 20.1 Å². The molecule has 132 valence electrons. The molecule has 1 aliphatic rings. The van der Waals surface area contributed by atoms with Crippen LogP contribution in [0.25, 0.3) is 0 Å². The fourth-order valence-electron chi connectivity index (χ4n) is 2.31. The Hall–Kier alpha value is -1.83. The number of nitrogens with one attached hydrogen (secondary N) is 2. The van der Waals surface area contributed by atoms with Crippen LogP contribution in [-0.2, 0) is 14.3 Å². The van der Waals surface area contributed by atoms with Crippen molar-refractivity contribution in [2.24, 2.45) is 0 Å². The molecule has 0 radical (unpaired) electrons. The number of hydrogen-bond donors (Lipinski definition) is 3. The molecule has 8 nitrogen and oxygen atoms in total. The maximum Gasteiger partial charge on any atom is 0.410 e. The number of likely N-dealkylation sites (tertiary alicyclic amines) is 1. The number of amides is 2. The average molecular weight is 329 g/mol. The molecule has 0 bridgehead atoms. The first kappa shape index (κ1) is 19.2. The molecule has 23 heavy (non-hydrogen) atoms. The molecule has 0 aromatic carbocycles. The van der Waals surface area contributed by atoms with Crippen molar-refractivity contribution in [3.8, 4) is 0 Å². The van der Waals surface area contributed by atoms with Crippen LogP contribution in [0, 0.1) is 0 Å². The summed E-state index contributed by atoms with van der Waals surface area (Å²) >= 11 is 0. The molecule has 1 aliphatic heterocycles. The van der Waals surface area contributed by atoms with E-state index in [9.17, 15) is 14.4 Å². The third-order valence-electron chi connectivity index (χ3n) is 3.32. The van der Waals surface area contributed by atoms with Gasteiger partial charge >= 0.3 is 12.1 Å². The van der Waals surface area contributed by atoms with Crippen LogP contribution in [0.1, 0.15) is 40.5 Å². The molecule has 0 spiro atoms. The second-order valence-electron chi connectivity index (χ2n) is 6.89. The van der Waals surface area contributed by atoms with Crippen molar-refractivity contribution < 1.29 is 24.2 Å². The number of aliphatic carboxylic acids is 1. The summed E-state index contributed by atoms with van der Waals surface area (Å²) in [7, 11) is 0. The van der Waals surface area contributed by atoms with Crippen molar-refractivity contribution in [1.29, 1.82) is 0 Å². The SMILES string of the molecule is CCCNC(=O)CNC1(CC(=O)O)CN(C(=O)OC(C)(C)C)C1. The van der Waals surface area contributed by atoms with Crippen LogP contribution < -0.4 is 10.6 Å². The topological polar surface area (TPSA) is 108 Å². The zero-order valence-electron chi connectivity index (χ0n) is 14.3. The maximum atomic E-state index is 11.9. The molecule has 0 aromatic rings. The van der Waals surface area contributed by atoms with Crippen molar-refractivity contribution >= 4 is 18.0 Å². The van der Waals surface area contributed by atoms with Gasteiger partial charge in [-0.15, -0.1) is 0 Å². The van der Waals surface area contributed by atoms with Crippen molar-refractivity contribution in [1.82, 2.24) is 15.5 Å². The molecule has 1 saturated heterocycles. The number of carboxylic acids is 1. The molecule has 2 amide bonds.